The first kappa shape index (κ1) is 25.3. The highest BCUT2D eigenvalue weighted by molar-refractivity contribution is 6.17. The van der Waals surface area contributed by atoms with Crippen molar-refractivity contribution in [3.63, 3.8) is 0 Å². The average molecular weight is 590 g/mol. The second-order valence-corrected chi connectivity index (χ2v) is 12.1. The largest absolute Gasteiger partial charge is 0.456 e. The number of hydrogen-bond acceptors (Lipinski definition) is 3. The number of nitrogens with zero attached hydrogens (tertiary/aromatic N) is 3. The standard InChI is InChI=1S/C42H27N3O/c1-2-12-27(13-3-1)40-33-23-21-26-11-4-5-14-30(26)41(33)44-42(43-40)45-35-18-8-6-16-32(35)39-29(17-10-19-36(39)45)28-22-24-38-34(25-28)31-15-7-9-20-37(31)46-38/h2,4-25H,1,3H2. The van der Waals surface area contributed by atoms with Crippen LogP contribution in [0.1, 0.15) is 18.5 Å². The van der Waals surface area contributed by atoms with Gasteiger partial charge in [0.2, 0.25) is 5.95 Å². The molecule has 46 heavy (non-hydrogen) atoms. The van der Waals surface area contributed by atoms with E-state index in [1.807, 2.05) is 12.1 Å². The molecule has 1 aliphatic carbocycles. The smallest absolute Gasteiger partial charge is 0.235 e. The van der Waals surface area contributed by atoms with Crippen LogP contribution in [0.4, 0.5) is 0 Å². The molecule has 3 heterocycles. The molecule has 216 valence electrons. The van der Waals surface area contributed by atoms with Crippen molar-refractivity contribution in [2.75, 3.05) is 0 Å². The Balaban J connectivity index is 1.29. The molecule has 4 nitrogen and oxygen atoms in total. The summed E-state index contributed by atoms with van der Waals surface area (Å²) in [5.41, 5.74) is 9.38. The Morgan fingerprint density at radius 2 is 1.39 bits per heavy atom. The fourth-order valence-corrected chi connectivity index (χ4v) is 7.33. The van der Waals surface area contributed by atoms with Crippen molar-refractivity contribution in [2.45, 2.75) is 12.8 Å². The molecule has 0 bridgehead atoms. The third kappa shape index (κ3) is 3.67. The molecule has 0 N–H and O–H groups in total. The minimum Gasteiger partial charge on any atom is -0.456 e. The molecule has 0 spiro atoms. The van der Waals surface area contributed by atoms with Crippen molar-refractivity contribution >= 4 is 71.0 Å². The molecule has 0 unspecified atom stereocenters. The summed E-state index contributed by atoms with van der Waals surface area (Å²) in [6.45, 7) is 0. The fraction of sp³-hybridized carbons (Fsp3) is 0.0476. The van der Waals surface area contributed by atoms with Crippen LogP contribution in [0.3, 0.4) is 0 Å². The van der Waals surface area contributed by atoms with Crippen molar-refractivity contribution in [3.05, 3.63) is 145 Å². The Morgan fingerprint density at radius 1 is 0.587 bits per heavy atom. The van der Waals surface area contributed by atoms with E-state index >= 15 is 0 Å². The van der Waals surface area contributed by atoms with Gasteiger partial charge in [-0.05, 0) is 71.3 Å². The molecule has 0 saturated heterocycles. The summed E-state index contributed by atoms with van der Waals surface area (Å²) in [7, 11) is 0. The first-order chi connectivity index (χ1) is 22.8. The van der Waals surface area contributed by atoms with E-state index in [-0.39, 0.29) is 0 Å². The van der Waals surface area contributed by atoms with E-state index < -0.39 is 0 Å². The molecule has 6 aromatic carbocycles. The molecule has 0 aliphatic heterocycles. The third-order valence-electron chi connectivity index (χ3n) is 9.43. The summed E-state index contributed by atoms with van der Waals surface area (Å²) >= 11 is 0. The van der Waals surface area contributed by atoms with E-state index in [9.17, 15) is 0 Å². The van der Waals surface area contributed by atoms with Gasteiger partial charge in [-0.2, -0.15) is 0 Å². The lowest BCUT2D eigenvalue weighted by Crippen LogP contribution is -2.05. The van der Waals surface area contributed by atoms with E-state index in [1.54, 1.807) is 0 Å². The molecule has 0 saturated carbocycles. The van der Waals surface area contributed by atoms with Crippen LogP contribution in [0.2, 0.25) is 0 Å². The molecule has 4 heteroatoms. The van der Waals surface area contributed by atoms with E-state index in [2.05, 4.69) is 132 Å². The number of hydrogen-bond donors (Lipinski definition) is 0. The highest BCUT2D eigenvalue weighted by Gasteiger charge is 2.21. The number of furan rings is 1. The van der Waals surface area contributed by atoms with Crippen LogP contribution in [-0.4, -0.2) is 14.5 Å². The molecule has 1 aliphatic rings. The predicted octanol–water partition coefficient (Wildman–Crippen LogP) is 11.2. The van der Waals surface area contributed by atoms with Crippen molar-refractivity contribution in [1.82, 2.24) is 14.5 Å². The van der Waals surface area contributed by atoms with Crippen LogP contribution in [-0.2, 0) is 0 Å². The van der Waals surface area contributed by atoms with Crippen molar-refractivity contribution in [3.8, 4) is 17.1 Å². The monoisotopic (exact) mass is 589 g/mol. The Labute approximate surface area is 264 Å². The van der Waals surface area contributed by atoms with Crippen molar-refractivity contribution in [1.29, 1.82) is 0 Å². The lowest BCUT2D eigenvalue weighted by molar-refractivity contribution is 0.669. The normalized spacial score (nSPS) is 13.5. The Bertz CT molecular complexity index is 2760. The summed E-state index contributed by atoms with van der Waals surface area (Å²) in [6.07, 6.45) is 8.83. The molecule has 0 amide bonds. The number of para-hydroxylation sites is 2. The Kier molecular flexibility index (Phi) is 5.37. The second kappa shape index (κ2) is 9.75. The third-order valence-corrected chi connectivity index (χ3v) is 9.43. The number of benzene rings is 6. The van der Waals surface area contributed by atoms with Gasteiger partial charge in [0.15, 0.2) is 0 Å². The maximum Gasteiger partial charge on any atom is 0.235 e. The first-order valence-corrected chi connectivity index (χ1v) is 15.8. The number of allylic oxidation sites excluding steroid dienone is 4. The maximum absolute atomic E-state index is 6.16. The van der Waals surface area contributed by atoms with E-state index in [4.69, 9.17) is 14.4 Å². The van der Waals surface area contributed by atoms with Gasteiger partial charge in [0, 0.05) is 32.3 Å². The van der Waals surface area contributed by atoms with Crippen molar-refractivity contribution in [2.24, 2.45) is 0 Å². The van der Waals surface area contributed by atoms with Crippen LogP contribution < -0.4 is 0 Å². The maximum atomic E-state index is 6.16. The quantitative estimate of drug-likeness (QED) is 0.193. The molecule has 3 aromatic heterocycles. The summed E-state index contributed by atoms with van der Waals surface area (Å²) in [4.78, 5) is 10.7. The second-order valence-electron chi connectivity index (χ2n) is 12.1. The Hall–Kier alpha value is -6.00. The molecule has 9 aromatic rings. The number of rotatable bonds is 3. The van der Waals surface area contributed by atoms with Crippen LogP contribution >= 0.6 is 0 Å². The lowest BCUT2D eigenvalue weighted by Gasteiger charge is -2.15. The zero-order chi connectivity index (χ0) is 30.2. The van der Waals surface area contributed by atoms with Gasteiger partial charge in [-0.15, -0.1) is 0 Å². The van der Waals surface area contributed by atoms with E-state index in [0.717, 1.165) is 78.9 Å². The molecular formula is C42H27N3O. The van der Waals surface area contributed by atoms with Gasteiger partial charge in [-0.1, -0.05) is 103 Å². The molecule has 10 rings (SSSR count). The SMILES string of the molecule is C1=CC(c2nc(-n3c4ccccc4c4c(-c5ccc6oc7ccccc7c6c5)cccc43)nc3c2ccc2ccccc23)=CCC1. The van der Waals surface area contributed by atoms with Crippen LogP contribution in [0.15, 0.2) is 144 Å². The Morgan fingerprint density at radius 3 is 2.30 bits per heavy atom. The van der Waals surface area contributed by atoms with Gasteiger partial charge in [0.25, 0.3) is 0 Å². The number of fused-ring (bicyclic) bond motifs is 9. The van der Waals surface area contributed by atoms with E-state index in [0.29, 0.717) is 5.95 Å². The molecular weight excluding hydrogens is 562 g/mol. The van der Waals surface area contributed by atoms with Gasteiger partial charge >= 0.3 is 0 Å². The van der Waals surface area contributed by atoms with Crippen LogP contribution in [0.25, 0.3) is 88.1 Å². The van der Waals surface area contributed by atoms with Crippen LogP contribution in [0, 0.1) is 0 Å². The predicted molar refractivity (Wildman–Crippen MR) is 190 cm³/mol. The van der Waals surface area contributed by atoms with Crippen molar-refractivity contribution < 1.29 is 4.42 Å². The van der Waals surface area contributed by atoms with Crippen LogP contribution in [0.5, 0.6) is 0 Å². The summed E-state index contributed by atoms with van der Waals surface area (Å²) in [5, 5.41) is 7.98. The summed E-state index contributed by atoms with van der Waals surface area (Å²) in [5.74, 6) is 0.679. The lowest BCUT2D eigenvalue weighted by atomic mass is 9.98. The first-order valence-electron chi connectivity index (χ1n) is 15.8. The topological polar surface area (TPSA) is 43.9 Å². The summed E-state index contributed by atoms with van der Waals surface area (Å²) in [6, 6.07) is 42.8. The van der Waals surface area contributed by atoms with Gasteiger partial charge < -0.3 is 4.42 Å². The van der Waals surface area contributed by atoms with Gasteiger partial charge in [-0.3, -0.25) is 4.57 Å². The molecule has 0 radical (unpaired) electrons. The van der Waals surface area contributed by atoms with Gasteiger partial charge in [0.05, 0.1) is 22.2 Å². The average Bonchev–Trinajstić information content (AvgIpc) is 3.67. The fourth-order valence-electron chi connectivity index (χ4n) is 7.33. The number of aromatic nitrogens is 3. The minimum absolute atomic E-state index is 0.679. The highest BCUT2D eigenvalue weighted by atomic mass is 16.3. The zero-order valence-electron chi connectivity index (χ0n) is 24.9. The summed E-state index contributed by atoms with van der Waals surface area (Å²) < 4.78 is 8.41. The molecule has 0 fully saturated rings. The van der Waals surface area contributed by atoms with Gasteiger partial charge in [0.1, 0.15) is 11.2 Å². The minimum atomic E-state index is 0.679. The highest BCUT2D eigenvalue weighted by Crippen LogP contribution is 2.41. The zero-order valence-corrected chi connectivity index (χ0v) is 24.9. The molecule has 0 atom stereocenters. The van der Waals surface area contributed by atoms with Gasteiger partial charge in [-0.25, -0.2) is 9.97 Å². The van der Waals surface area contributed by atoms with E-state index in [1.165, 1.54) is 21.7 Å².